The summed E-state index contributed by atoms with van der Waals surface area (Å²) in [6, 6.07) is 8.37. The van der Waals surface area contributed by atoms with Crippen molar-refractivity contribution in [2.75, 3.05) is 12.4 Å². The largest absolute Gasteiger partial charge is 0.388 e. The fourth-order valence-electron chi connectivity index (χ4n) is 1.30. The molecule has 0 aliphatic heterocycles. The van der Waals surface area contributed by atoms with Gasteiger partial charge < -0.3 is 5.32 Å². The first-order valence-corrected chi connectivity index (χ1v) is 5.32. The highest BCUT2D eigenvalue weighted by molar-refractivity contribution is 7.15. The van der Waals surface area contributed by atoms with Crippen molar-refractivity contribution in [2.24, 2.45) is 0 Å². The number of nitrogens with one attached hydrogen (secondary N) is 1. The van der Waals surface area contributed by atoms with Crippen molar-refractivity contribution in [3.05, 3.63) is 35.5 Å². The number of aromatic nitrogens is 1. The standard InChI is InChI=1S/C11H12N2S/c1-8-13-7-11(14-8)9-3-5-10(12-2)6-4-9/h3-7,12H,1-2H3. The molecule has 1 heterocycles. The quantitative estimate of drug-likeness (QED) is 0.812. The van der Waals surface area contributed by atoms with Crippen LogP contribution in [0.4, 0.5) is 5.69 Å². The molecule has 0 aliphatic carbocycles. The molecule has 1 aromatic heterocycles. The lowest BCUT2D eigenvalue weighted by molar-refractivity contribution is 1.30. The maximum Gasteiger partial charge on any atom is 0.0900 e. The highest BCUT2D eigenvalue weighted by atomic mass is 32.1. The van der Waals surface area contributed by atoms with Crippen LogP contribution in [0, 0.1) is 6.92 Å². The summed E-state index contributed by atoms with van der Waals surface area (Å²) in [7, 11) is 1.92. The Balaban J connectivity index is 2.33. The zero-order chi connectivity index (χ0) is 9.97. The summed E-state index contributed by atoms with van der Waals surface area (Å²) in [5, 5.41) is 4.21. The van der Waals surface area contributed by atoms with Crippen molar-refractivity contribution in [3.8, 4) is 10.4 Å². The van der Waals surface area contributed by atoms with E-state index in [2.05, 4.69) is 34.6 Å². The molecule has 0 saturated heterocycles. The van der Waals surface area contributed by atoms with Gasteiger partial charge in [-0.25, -0.2) is 4.98 Å². The summed E-state index contributed by atoms with van der Waals surface area (Å²) in [6.45, 7) is 2.02. The lowest BCUT2D eigenvalue weighted by atomic mass is 10.2. The van der Waals surface area contributed by atoms with Crippen LogP contribution in [0.15, 0.2) is 30.5 Å². The predicted molar refractivity (Wildman–Crippen MR) is 61.8 cm³/mol. The van der Waals surface area contributed by atoms with Crippen LogP contribution < -0.4 is 5.32 Å². The summed E-state index contributed by atoms with van der Waals surface area (Å²) in [4.78, 5) is 5.47. The highest BCUT2D eigenvalue weighted by Crippen LogP contribution is 2.26. The Hall–Kier alpha value is -1.35. The molecule has 2 rings (SSSR count). The van der Waals surface area contributed by atoms with E-state index in [-0.39, 0.29) is 0 Å². The average molecular weight is 204 g/mol. The summed E-state index contributed by atoms with van der Waals surface area (Å²) in [5.74, 6) is 0. The molecule has 1 aromatic carbocycles. The number of anilines is 1. The average Bonchev–Trinajstić information content (AvgIpc) is 2.65. The minimum Gasteiger partial charge on any atom is -0.388 e. The molecular formula is C11H12N2S. The Morgan fingerprint density at radius 2 is 1.93 bits per heavy atom. The lowest BCUT2D eigenvalue weighted by Crippen LogP contribution is -1.86. The number of hydrogen-bond donors (Lipinski definition) is 1. The van der Waals surface area contributed by atoms with Crippen molar-refractivity contribution in [3.63, 3.8) is 0 Å². The third-order valence-corrected chi connectivity index (χ3v) is 3.04. The Morgan fingerprint density at radius 3 is 2.43 bits per heavy atom. The first kappa shape index (κ1) is 9.21. The van der Waals surface area contributed by atoms with Crippen LogP contribution >= 0.6 is 11.3 Å². The highest BCUT2D eigenvalue weighted by Gasteiger charge is 2.00. The molecule has 0 bridgehead atoms. The molecule has 0 atom stereocenters. The lowest BCUT2D eigenvalue weighted by Gasteiger charge is -2.00. The van der Waals surface area contributed by atoms with Crippen LogP contribution in [0.25, 0.3) is 10.4 Å². The molecule has 3 heteroatoms. The second-order valence-electron chi connectivity index (χ2n) is 3.07. The second-order valence-corrected chi connectivity index (χ2v) is 4.31. The van der Waals surface area contributed by atoms with Crippen molar-refractivity contribution in [1.29, 1.82) is 0 Å². The summed E-state index contributed by atoms with van der Waals surface area (Å²) < 4.78 is 0. The fraction of sp³-hybridized carbons (Fsp3) is 0.182. The zero-order valence-electron chi connectivity index (χ0n) is 8.24. The first-order valence-electron chi connectivity index (χ1n) is 4.50. The fourth-order valence-corrected chi connectivity index (χ4v) is 2.08. The van der Waals surface area contributed by atoms with Crippen LogP contribution in [0.1, 0.15) is 5.01 Å². The van der Waals surface area contributed by atoms with Gasteiger partial charge in [-0.2, -0.15) is 0 Å². The number of hydrogen-bond acceptors (Lipinski definition) is 3. The molecule has 0 spiro atoms. The van der Waals surface area contributed by atoms with Crippen molar-refractivity contribution < 1.29 is 0 Å². The van der Waals surface area contributed by atoms with Gasteiger partial charge in [-0.1, -0.05) is 12.1 Å². The molecule has 0 amide bonds. The molecule has 0 unspecified atom stereocenters. The van der Waals surface area contributed by atoms with Crippen molar-refractivity contribution >= 4 is 17.0 Å². The van der Waals surface area contributed by atoms with E-state index in [1.54, 1.807) is 11.3 Å². The van der Waals surface area contributed by atoms with Gasteiger partial charge in [-0.3, -0.25) is 0 Å². The van der Waals surface area contributed by atoms with Gasteiger partial charge in [0.2, 0.25) is 0 Å². The van der Waals surface area contributed by atoms with Gasteiger partial charge >= 0.3 is 0 Å². The molecule has 0 fully saturated rings. The smallest absolute Gasteiger partial charge is 0.0900 e. The Kier molecular flexibility index (Phi) is 2.50. The predicted octanol–water partition coefficient (Wildman–Crippen LogP) is 3.16. The van der Waals surface area contributed by atoms with E-state index in [0.29, 0.717) is 0 Å². The number of nitrogens with zero attached hydrogens (tertiary/aromatic N) is 1. The first-order chi connectivity index (χ1) is 6.79. The molecule has 72 valence electrons. The summed E-state index contributed by atoms with van der Waals surface area (Å²) >= 11 is 1.72. The van der Waals surface area contributed by atoms with E-state index in [1.807, 2.05) is 20.2 Å². The Morgan fingerprint density at radius 1 is 1.21 bits per heavy atom. The van der Waals surface area contributed by atoms with Crippen LogP contribution in [-0.2, 0) is 0 Å². The molecule has 0 aliphatic rings. The monoisotopic (exact) mass is 204 g/mol. The van der Waals surface area contributed by atoms with Gasteiger partial charge in [0.1, 0.15) is 0 Å². The zero-order valence-corrected chi connectivity index (χ0v) is 9.06. The van der Waals surface area contributed by atoms with E-state index in [1.165, 1.54) is 10.4 Å². The third kappa shape index (κ3) is 1.77. The van der Waals surface area contributed by atoms with Crippen LogP contribution in [0.2, 0.25) is 0 Å². The Labute approximate surface area is 87.6 Å². The van der Waals surface area contributed by atoms with Gasteiger partial charge in [-0.05, 0) is 24.6 Å². The topological polar surface area (TPSA) is 24.9 Å². The number of aryl methyl sites for hydroxylation is 1. The van der Waals surface area contributed by atoms with Gasteiger partial charge in [0.15, 0.2) is 0 Å². The molecule has 0 saturated carbocycles. The maximum atomic E-state index is 4.24. The Bertz CT molecular complexity index is 417. The van der Waals surface area contributed by atoms with Crippen LogP contribution in [0.5, 0.6) is 0 Å². The third-order valence-electron chi connectivity index (χ3n) is 2.08. The van der Waals surface area contributed by atoms with Crippen molar-refractivity contribution in [2.45, 2.75) is 6.92 Å². The van der Waals surface area contributed by atoms with Gasteiger partial charge in [0.25, 0.3) is 0 Å². The number of rotatable bonds is 2. The van der Waals surface area contributed by atoms with Gasteiger partial charge in [0, 0.05) is 18.9 Å². The molecule has 2 nitrogen and oxygen atoms in total. The number of benzene rings is 1. The molecule has 14 heavy (non-hydrogen) atoms. The molecule has 2 aromatic rings. The minimum atomic E-state index is 1.11. The summed E-state index contributed by atoms with van der Waals surface area (Å²) in [5.41, 5.74) is 2.37. The van der Waals surface area contributed by atoms with E-state index in [9.17, 15) is 0 Å². The van der Waals surface area contributed by atoms with Crippen molar-refractivity contribution in [1.82, 2.24) is 4.98 Å². The van der Waals surface area contributed by atoms with Crippen LogP contribution in [0.3, 0.4) is 0 Å². The maximum absolute atomic E-state index is 4.24. The minimum absolute atomic E-state index is 1.11. The van der Waals surface area contributed by atoms with E-state index < -0.39 is 0 Å². The SMILES string of the molecule is CNc1ccc(-c2cnc(C)s2)cc1. The van der Waals surface area contributed by atoms with Crippen LogP contribution in [-0.4, -0.2) is 12.0 Å². The van der Waals surface area contributed by atoms with Gasteiger partial charge in [-0.15, -0.1) is 11.3 Å². The van der Waals surface area contributed by atoms with Gasteiger partial charge in [0.05, 0.1) is 9.88 Å². The normalized spacial score (nSPS) is 10.1. The molecule has 0 radical (unpaired) electrons. The summed E-state index contributed by atoms with van der Waals surface area (Å²) in [6.07, 6.45) is 1.92. The van der Waals surface area contributed by atoms with E-state index >= 15 is 0 Å². The number of thiazole rings is 1. The second kappa shape index (κ2) is 3.80. The molecule has 1 N–H and O–H groups in total. The molecular weight excluding hydrogens is 192 g/mol. The van der Waals surface area contributed by atoms with E-state index in [0.717, 1.165) is 10.7 Å². The van der Waals surface area contributed by atoms with E-state index in [4.69, 9.17) is 0 Å².